The van der Waals surface area contributed by atoms with E-state index in [1.807, 2.05) is 0 Å². The van der Waals surface area contributed by atoms with Crippen molar-refractivity contribution in [2.75, 3.05) is 0 Å². The van der Waals surface area contributed by atoms with Gasteiger partial charge in [0.15, 0.2) is 0 Å². The monoisotopic (exact) mass is 253 g/mol. The summed E-state index contributed by atoms with van der Waals surface area (Å²) in [5.74, 6) is 0. The molecule has 0 saturated carbocycles. The van der Waals surface area contributed by atoms with Crippen LogP contribution in [-0.4, -0.2) is 8.76 Å². The molecule has 0 aliphatic heterocycles. The van der Waals surface area contributed by atoms with Gasteiger partial charge >= 0.3 is 0 Å². The predicted molar refractivity (Wildman–Crippen MR) is 46.3 cm³/mol. The van der Waals surface area contributed by atoms with E-state index in [-0.39, 0.29) is 4.90 Å². The van der Waals surface area contributed by atoms with Crippen molar-refractivity contribution in [3.8, 4) is 0 Å². The highest BCUT2D eigenvalue weighted by Crippen LogP contribution is 2.23. The molecular weight excluding hydrogens is 251 g/mol. The second-order valence-corrected chi connectivity index (χ2v) is 4.01. The molecule has 0 fully saturated rings. The van der Waals surface area contributed by atoms with Crippen molar-refractivity contribution >= 4 is 38.6 Å². The highest BCUT2D eigenvalue weighted by molar-refractivity contribution is 9.10. The van der Waals surface area contributed by atoms with Gasteiger partial charge in [-0.05, 0) is 45.2 Å². The molecule has 0 N–H and O–H groups in total. The second-order valence-electron chi connectivity index (χ2n) is 1.81. The van der Waals surface area contributed by atoms with Gasteiger partial charge in [-0.25, -0.2) is 0 Å². The maximum atomic E-state index is 10.4. The van der Waals surface area contributed by atoms with Gasteiger partial charge in [0.2, 0.25) is 0 Å². The Morgan fingerprint density at radius 3 is 2.64 bits per heavy atom. The van der Waals surface area contributed by atoms with Gasteiger partial charge in [-0.15, -0.1) is 0 Å². The third-order valence-corrected chi connectivity index (χ3v) is 2.95. The maximum absolute atomic E-state index is 10.4. The van der Waals surface area contributed by atoms with E-state index in [0.29, 0.717) is 9.50 Å². The molecular formula is C6H3BrClO2S-. The quantitative estimate of drug-likeness (QED) is 0.722. The van der Waals surface area contributed by atoms with E-state index in [1.54, 1.807) is 6.07 Å². The summed E-state index contributed by atoms with van der Waals surface area (Å²) in [5, 5.41) is 0.395. The molecule has 0 spiro atoms. The molecule has 0 aliphatic rings. The van der Waals surface area contributed by atoms with Crippen molar-refractivity contribution in [2.45, 2.75) is 4.90 Å². The van der Waals surface area contributed by atoms with E-state index >= 15 is 0 Å². The molecule has 0 aliphatic carbocycles. The first-order valence-corrected chi connectivity index (χ1v) is 4.90. The molecule has 11 heavy (non-hydrogen) atoms. The number of hydrogen-bond donors (Lipinski definition) is 0. The lowest BCUT2D eigenvalue weighted by atomic mass is 10.4. The van der Waals surface area contributed by atoms with Gasteiger partial charge in [-0.3, -0.25) is 4.21 Å². The van der Waals surface area contributed by atoms with Gasteiger partial charge in [-0.1, -0.05) is 11.6 Å². The van der Waals surface area contributed by atoms with Crippen LogP contribution in [0.3, 0.4) is 0 Å². The van der Waals surface area contributed by atoms with E-state index in [9.17, 15) is 8.76 Å². The molecule has 0 aromatic heterocycles. The van der Waals surface area contributed by atoms with Crippen LogP contribution in [0.25, 0.3) is 0 Å². The van der Waals surface area contributed by atoms with E-state index < -0.39 is 11.1 Å². The average Bonchev–Trinajstić information content (AvgIpc) is 1.94. The van der Waals surface area contributed by atoms with Gasteiger partial charge < -0.3 is 4.55 Å². The maximum Gasteiger partial charge on any atom is 0.0559 e. The minimum atomic E-state index is -2.20. The summed E-state index contributed by atoms with van der Waals surface area (Å²) in [6.07, 6.45) is 0. The summed E-state index contributed by atoms with van der Waals surface area (Å²) in [6.45, 7) is 0. The van der Waals surface area contributed by atoms with E-state index in [4.69, 9.17) is 11.6 Å². The lowest BCUT2D eigenvalue weighted by Gasteiger charge is -2.05. The number of hydrogen-bond acceptors (Lipinski definition) is 2. The van der Waals surface area contributed by atoms with Crippen LogP contribution in [-0.2, 0) is 11.1 Å². The third-order valence-electron chi connectivity index (χ3n) is 1.08. The smallest absolute Gasteiger partial charge is 0.0559 e. The molecule has 0 radical (unpaired) electrons. The first-order chi connectivity index (χ1) is 5.11. The van der Waals surface area contributed by atoms with Gasteiger partial charge in [0.25, 0.3) is 0 Å². The zero-order valence-corrected chi connectivity index (χ0v) is 8.37. The van der Waals surface area contributed by atoms with E-state index in [2.05, 4.69) is 15.9 Å². The van der Waals surface area contributed by atoms with Crippen molar-refractivity contribution in [3.05, 3.63) is 27.7 Å². The molecule has 5 heteroatoms. The Hall–Kier alpha value is 0.1000. The van der Waals surface area contributed by atoms with Gasteiger partial charge in [-0.2, -0.15) is 0 Å². The van der Waals surface area contributed by atoms with Gasteiger partial charge in [0.1, 0.15) is 0 Å². The Morgan fingerprint density at radius 1 is 1.55 bits per heavy atom. The van der Waals surface area contributed by atoms with Crippen molar-refractivity contribution in [3.63, 3.8) is 0 Å². The fourth-order valence-electron chi connectivity index (χ4n) is 0.581. The minimum absolute atomic E-state index is 0.193. The molecule has 1 atom stereocenters. The topological polar surface area (TPSA) is 40.1 Å². The highest BCUT2D eigenvalue weighted by Gasteiger charge is 1.97. The van der Waals surface area contributed by atoms with Crippen LogP contribution in [0.15, 0.2) is 27.6 Å². The Bertz CT molecular complexity index is 303. The van der Waals surface area contributed by atoms with Crippen LogP contribution in [0.4, 0.5) is 0 Å². The summed E-state index contributed by atoms with van der Waals surface area (Å²) < 4.78 is 21.5. The van der Waals surface area contributed by atoms with Crippen molar-refractivity contribution < 1.29 is 8.76 Å². The largest absolute Gasteiger partial charge is 0.768 e. The van der Waals surface area contributed by atoms with Crippen LogP contribution in [0.1, 0.15) is 0 Å². The molecule has 1 aromatic rings. The van der Waals surface area contributed by atoms with Crippen LogP contribution in [0.2, 0.25) is 5.02 Å². The molecule has 2 nitrogen and oxygen atoms in total. The number of rotatable bonds is 1. The summed E-state index contributed by atoms with van der Waals surface area (Å²) in [7, 11) is 0. The van der Waals surface area contributed by atoms with Gasteiger partial charge in [0, 0.05) is 9.37 Å². The van der Waals surface area contributed by atoms with Crippen LogP contribution in [0.5, 0.6) is 0 Å². The lowest BCUT2D eigenvalue weighted by Crippen LogP contribution is -1.87. The van der Waals surface area contributed by atoms with E-state index in [0.717, 1.165) is 0 Å². The average molecular weight is 255 g/mol. The Kier molecular flexibility index (Phi) is 3.06. The second kappa shape index (κ2) is 3.67. The summed E-state index contributed by atoms with van der Waals surface area (Å²) in [6, 6.07) is 4.45. The summed E-state index contributed by atoms with van der Waals surface area (Å²) in [5.41, 5.74) is 0. The Labute approximate surface area is 80.0 Å². The molecule has 1 unspecified atom stereocenters. The highest BCUT2D eigenvalue weighted by atomic mass is 79.9. The number of benzene rings is 1. The molecule has 0 amide bonds. The first kappa shape index (κ1) is 9.19. The fraction of sp³-hybridized carbons (Fsp3) is 0. The molecule has 0 heterocycles. The lowest BCUT2D eigenvalue weighted by molar-refractivity contribution is 0.537. The van der Waals surface area contributed by atoms with Crippen LogP contribution >= 0.6 is 27.5 Å². The van der Waals surface area contributed by atoms with Crippen LogP contribution < -0.4 is 0 Å². The minimum Gasteiger partial charge on any atom is -0.768 e. The molecule has 60 valence electrons. The summed E-state index contributed by atoms with van der Waals surface area (Å²) in [4.78, 5) is 0.193. The normalized spacial score (nSPS) is 13.0. The molecule has 1 aromatic carbocycles. The van der Waals surface area contributed by atoms with Crippen LogP contribution in [0, 0.1) is 0 Å². The Morgan fingerprint density at radius 2 is 2.18 bits per heavy atom. The predicted octanol–water partition coefficient (Wildman–Crippen LogP) is 2.34. The summed E-state index contributed by atoms with van der Waals surface area (Å²) >= 11 is 6.58. The van der Waals surface area contributed by atoms with Crippen molar-refractivity contribution in [1.82, 2.24) is 0 Å². The zero-order valence-electron chi connectivity index (χ0n) is 5.21. The van der Waals surface area contributed by atoms with Gasteiger partial charge in [0.05, 0.1) is 5.02 Å². The standard InChI is InChI=1S/C6H4BrClO2S/c7-5-2-1-4(11(9)10)3-6(5)8/h1-3H,(H,9,10)/p-1. The molecule has 0 bridgehead atoms. The molecule has 0 saturated heterocycles. The van der Waals surface area contributed by atoms with Crippen molar-refractivity contribution in [2.24, 2.45) is 0 Å². The molecule has 1 rings (SSSR count). The fourth-order valence-corrected chi connectivity index (χ4v) is 1.47. The van der Waals surface area contributed by atoms with Crippen molar-refractivity contribution in [1.29, 1.82) is 0 Å². The Balaban J connectivity index is 3.15. The number of halogens is 2. The zero-order chi connectivity index (χ0) is 8.43. The third kappa shape index (κ3) is 2.27. The van der Waals surface area contributed by atoms with E-state index in [1.165, 1.54) is 12.1 Å². The first-order valence-electron chi connectivity index (χ1n) is 2.65. The SMILES string of the molecule is O=S([O-])c1ccc(Br)c(Cl)c1.